The van der Waals surface area contributed by atoms with Crippen LogP contribution in [0.15, 0.2) is 27.8 Å². The van der Waals surface area contributed by atoms with E-state index in [0.29, 0.717) is 24.0 Å². The number of halogens is 1. The summed E-state index contributed by atoms with van der Waals surface area (Å²) in [5, 5.41) is 4.62. The van der Waals surface area contributed by atoms with Crippen molar-refractivity contribution in [1.29, 1.82) is 0 Å². The average Bonchev–Trinajstić information content (AvgIpc) is 2.81. The number of nitrogens with zero attached hydrogens (tertiary/aromatic N) is 1. The summed E-state index contributed by atoms with van der Waals surface area (Å²) in [5.41, 5.74) is 1.66. The molecule has 0 radical (unpaired) electrons. The van der Waals surface area contributed by atoms with Gasteiger partial charge < -0.3 is 9.26 Å². The fourth-order valence-corrected chi connectivity index (χ4v) is 1.56. The summed E-state index contributed by atoms with van der Waals surface area (Å²) in [6.45, 7) is 7.02. The Morgan fingerprint density at radius 1 is 1.53 bits per heavy atom. The molecule has 94 valence electrons. The molecule has 1 aromatic rings. The van der Waals surface area contributed by atoms with E-state index in [0.717, 1.165) is 17.7 Å². The molecule has 3 nitrogen and oxygen atoms in total. The lowest BCUT2D eigenvalue weighted by Crippen LogP contribution is -1.90. The van der Waals surface area contributed by atoms with Crippen molar-refractivity contribution in [3.8, 4) is 0 Å². The Labute approximate surface area is 107 Å². The average molecular weight is 256 g/mol. The van der Waals surface area contributed by atoms with Crippen molar-refractivity contribution in [1.82, 2.24) is 5.16 Å². The predicted octanol–water partition coefficient (Wildman–Crippen LogP) is 4.15. The van der Waals surface area contributed by atoms with Crippen LogP contribution in [-0.4, -0.2) is 11.8 Å². The molecule has 0 aromatic carbocycles. The molecule has 17 heavy (non-hydrogen) atoms. The van der Waals surface area contributed by atoms with Gasteiger partial charge in [0.25, 0.3) is 0 Å². The summed E-state index contributed by atoms with van der Waals surface area (Å²) in [5.74, 6) is 0.685. The Bertz CT molecular complexity index is 407. The topological polar surface area (TPSA) is 35.3 Å². The minimum atomic E-state index is 0.465. The summed E-state index contributed by atoms with van der Waals surface area (Å²) >= 11 is 6.13. The van der Waals surface area contributed by atoms with Crippen LogP contribution < -0.4 is 0 Å². The number of hydrogen-bond acceptors (Lipinski definition) is 3. The molecular formula is C13H18ClNO2. The van der Waals surface area contributed by atoms with Gasteiger partial charge in [-0.05, 0) is 20.3 Å². The lowest BCUT2D eigenvalue weighted by molar-refractivity contribution is 0.128. The van der Waals surface area contributed by atoms with Gasteiger partial charge in [-0.25, -0.2) is 0 Å². The van der Waals surface area contributed by atoms with Gasteiger partial charge in [0.2, 0.25) is 0 Å². The minimum absolute atomic E-state index is 0.465. The molecule has 1 heterocycles. The highest BCUT2D eigenvalue weighted by atomic mass is 35.5. The minimum Gasteiger partial charge on any atom is -0.375 e. The fraction of sp³-hybridized carbons (Fsp3) is 0.462. The molecule has 0 amide bonds. The van der Waals surface area contributed by atoms with E-state index in [2.05, 4.69) is 12.1 Å². The highest BCUT2D eigenvalue weighted by molar-refractivity contribution is 6.36. The largest absolute Gasteiger partial charge is 0.375 e. The zero-order valence-corrected chi connectivity index (χ0v) is 11.3. The van der Waals surface area contributed by atoms with Gasteiger partial charge in [-0.2, -0.15) is 0 Å². The lowest BCUT2D eigenvalue weighted by atomic mass is 10.1. The number of hydrogen-bond donors (Lipinski definition) is 0. The van der Waals surface area contributed by atoms with E-state index in [-0.39, 0.29) is 0 Å². The third-order valence-corrected chi connectivity index (χ3v) is 2.62. The van der Waals surface area contributed by atoms with Crippen LogP contribution in [0.3, 0.4) is 0 Å². The van der Waals surface area contributed by atoms with Gasteiger partial charge in [-0.15, -0.1) is 0 Å². The molecule has 0 atom stereocenters. The Hall–Kier alpha value is -1.06. The van der Waals surface area contributed by atoms with Gasteiger partial charge >= 0.3 is 0 Å². The predicted molar refractivity (Wildman–Crippen MR) is 69.7 cm³/mol. The van der Waals surface area contributed by atoms with Gasteiger partial charge in [0.1, 0.15) is 5.69 Å². The summed E-state index contributed by atoms with van der Waals surface area (Å²) < 4.78 is 10.5. The van der Waals surface area contributed by atoms with Crippen LogP contribution in [0, 0.1) is 0 Å². The van der Waals surface area contributed by atoms with Crippen molar-refractivity contribution in [2.45, 2.75) is 33.8 Å². The molecule has 1 aromatic heterocycles. The molecule has 0 saturated heterocycles. The smallest absolute Gasteiger partial charge is 0.168 e. The molecule has 0 saturated carbocycles. The van der Waals surface area contributed by atoms with E-state index in [4.69, 9.17) is 20.9 Å². The molecule has 0 N–H and O–H groups in total. The van der Waals surface area contributed by atoms with Gasteiger partial charge in [0.05, 0.1) is 6.61 Å². The number of aromatic nitrogens is 1. The number of allylic oxidation sites excluding steroid dienone is 4. The van der Waals surface area contributed by atoms with Crippen LogP contribution in [-0.2, 0) is 11.3 Å². The molecule has 0 unspecified atom stereocenters. The van der Waals surface area contributed by atoms with Crippen molar-refractivity contribution in [2.75, 3.05) is 6.61 Å². The molecule has 4 heteroatoms. The van der Waals surface area contributed by atoms with Gasteiger partial charge in [-0.1, -0.05) is 35.8 Å². The summed E-state index contributed by atoms with van der Waals surface area (Å²) in [4.78, 5) is 0. The quantitative estimate of drug-likeness (QED) is 0.717. The van der Waals surface area contributed by atoms with Crippen LogP contribution in [0.2, 0.25) is 0 Å². The van der Waals surface area contributed by atoms with E-state index in [1.807, 2.05) is 32.1 Å². The van der Waals surface area contributed by atoms with E-state index in [1.165, 1.54) is 0 Å². The summed E-state index contributed by atoms with van der Waals surface area (Å²) in [6, 6.07) is 1.86. The fourth-order valence-electron chi connectivity index (χ4n) is 1.39. The molecular weight excluding hydrogens is 238 g/mol. The molecule has 0 aliphatic heterocycles. The molecule has 1 rings (SSSR count). The van der Waals surface area contributed by atoms with Crippen LogP contribution in [0.25, 0.3) is 5.57 Å². The van der Waals surface area contributed by atoms with Crippen LogP contribution in [0.5, 0.6) is 0 Å². The third kappa shape index (κ3) is 4.02. The standard InChI is InChI=1S/C13H18ClNO2/c1-4-7-11(12(14)5-2)13-8-10(15-17-13)9-16-6-3/h5,7-8H,4,6,9H2,1-3H3. The van der Waals surface area contributed by atoms with Gasteiger partial charge in [0.15, 0.2) is 5.76 Å². The molecule has 0 aliphatic carbocycles. The first kappa shape index (κ1) is 14.0. The van der Waals surface area contributed by atoms with E-state index < -0.39 is 0 Å². The first-order chi connectivity index (χ1) is 8.22. The highest BCUT2D eigenvalue weighted by Gasteiger charge is 2.11. The van der Waals surface area contributed by atoms with E-state index in [1.54, 1.807) is 0 Å². The normalized spacial score (nSPS) is 13.2. The van der Waals surface area contributed by atoms with Crippen LogP contribution >= 0.6 is 11.6 Å². The summed E-state index contributed by atoms with van der Waals surface area (Å²) in [7, 11) is 0. The first-order valence-electron chi connectivity index (χ1n) is 5.78. The van der Waals surface area contributed by atoms with Crippen molar-refractivity contribution >= 4 is 17.2 Å². The van der Waals surface area contributed by atoms with Crippen LogP contribution in [0.1, 0.15) is 38.6 Å². The Morgan fingerprint density at radius 3 is 2.88 bits per heavy atom. The van der Waals surface area contributed by atoms with Crippen LogP contribution in [0.4, 0.5) is 0 Å². The Balaban J connectivity index is 2.89. The van der Waals surface area contributed by atoms with Gasteiger partial charge in [0, 0.05) is 23.3 Å². The number of rotatable bonds is 6. The van der Waals surface area contributed by atoms with Crippen molar-refractivity contribution < 1.29 is 9.26 Å². The second-order valence-corrected chi connectivity index (χ2v) is 3.89. The Kier molecular flexibility index (Phi) is 6.01. The maximum Gasteiger partial charge on any atom is 0.168 e. The van der Waals surface area contributed by atoms with Crippen molar-refractivity contribution in [3.63, 3.8) is 0 Å². The zero-order valence-electron chi connectivity index (χ0n) is 10.5. The molecule has 0 fully saturated rings. The van der Waals surface area contributed by atoms with Crippen molar-refractivity contribution in [2.24, 2.45) is 0 Å². The first-order valence-corrected chi connectivity index (χ1v) is 6.16. The Morgan fingerprint density at radius 2 is 2.29 bits per heavy atom. The SMILES string of the molecule is CC=C(Cl)C(=CCC)c1cc(COCC)no1. The second kappa shape index (κ2) is 7.30. The van der Waals surface area contributed by atoms with E-state index in [9.17, 15) is 0 Å². The molecule has 0 aliphatic rings. The zero-order chi connectivity index (χ0) is 12.7. The van der Waals surface area contributed by atoms with E-state index >= 15 is 0 Å². The summed E-state index contributed by atoms with van der Waals surface area (Å²) in [6.07, 6.45) is 4.75. The molecule has 0 bridgehead atoms. The maximum atomic E-state index is 6.13. The third-order valence-electron chi connectivity index (χ3n) is 2.20. The second-order valence-electron chi connectivity index (χ2n) is 3.48. The van der Waals surface area contributed by atoms with Crippen molar-refractivity contribution in [3.05, 3.63) is 34.7 Å². The van der Waals surface area contributed by atoms with Gasteiger partial charge in [-0.3, -0.25) is 0 Å². The highest BCUT2D eigenvalue weighted by Crippen LogP contribution is 2.27. The maximum absolute atomic E-state index is 6.13. The monoisotopic (exact) mass is 255 g/mol. The lowest BCUT2D eigenvalue weighted by Gasteiger charge is -2.00. The number of ether oxygens (including phenoxy) is 1. The molecule has 0 spiro atoms.